The van der Waals surface area contributed by atoms with Crippen LogP contribution < -0.4 is 0 Å². The number of aliphatic hydroxyl groups excluding tert-OH is 1. The van der Waals surface area contributed by atoms with E-state index < -0.39 is 0 Å². The van der Waals surface area contributed by atoms with Gasteiger partial charge in [0.15, 0.2) is 0 Å². The second-order valence-electron chi connectivity index (χ2n) is 12.3. The van der Waals surface area contributed by atoms with Gasteiger partial charge in [0, 0.05) is 0 Å². The highest BCUT2D eigenvalue weighted by Crippen LogP contribution is 2.67. The fourth-order valence-corrected chi connectivity index (χ4v) is 8.78. The van der Waals surface area contributed by atoms with Gasteiger partial charge in [-0.25, -0.2) is 0 Å². The van der Waals surface area contributed by atoms with Crippen LogP contribution in [-0.2, 0) is 0 Å². The molecule has 0 radical (unpaired) electrons. The summed E-state index contributed by atoms with van der Waals surface area (Å²) < 4.78 is 0. The van der Waals surface area contributed by atoms with E-state index in [4.69, 9.17) is 0 Å². The molecule has 3 saturated carbocycles. The maximum atomic E-state index is 10.2. The molecular weight excluding hydrogens is 364 g/mol. The van der Waals surface area contributed by atoms with Gasteiger partial charge in [-0.3, -0.25) is 0 Å². The Morgan fingerprint density at radius 1 is 1.13 bits per heavy atom. The van der Waals surface area contributed by atoms with E-state index in [1.807, 2.05) is 0 Å². The van der Waals surface area contributed by atoms with Crippen molar-refractivity contribution in [2.45, 2.75) is 105 Å². The van der Waals surface area contributed by atoms with E-state index in [1.165, 1.54) is 56.9 Å². The molecule has 4 aliphatic rings. The summed E-state index contributed by atoms with van der Waals surface area (Å²) in [7, 11) is 0. The zero-order valence-electron chi connectivity index (χ0n) is 20.3. The van der Waals surface area contributed by atoms with E-state index >= 15 is 0 Å². The Bertz CT molecular complexity index is 725. The third-order valence-corrected chi connectivity index (χ3v) is 10.6. The second-order valence-corrected chi connectivity index (χ2v) is 12.3. The fraction of sp³-hybridized carbons (Fsp3) is 0.828. The standard InChI is InChI=1S/C29H46O/c1-7-21(19(2)3)9-8-20(4)25-12-13-26-24-11-10-22-18-23(30)14-16-28(22,5)27(24)15-17-29(25,26)6/h10,19-20,23-27,30H,1,8-9,11-18H2,2-6H3/t20-,23?,24?,25?,26?,27?,28?,29?/m1/s1. The van der Waals surface area contributed by atoms with Crippen LogP contribution in [0.1, 0.15) is 98.8 Å². The molecule has 0 saturated heterocycles. The van der Waals surface area contributed by atoms with Crippen LogP contribution in [-0.4, -0.2) is 11.2 Å². The van der Waals surface area contributed by atoms with Crippen molar-refractivity contribution >= 4 is 0 Å². The molecule has 0 amide bonds. The summed E-state index contributed by atoms with van der Waals surface area (Å²) in [5.74, 6) is 4.90. The Balaban J connectivity index is 1.49. The normalized spacial score (nSPS) is 43.8. The van der Waals surface area contributed by atoms with E-state index in [0.717, 1.165) is 42.4 Å². The van der Waals surface area contributed by atoms with Gasteiger partial charge in [-0.15, -0.1) is 5.73 Å². The van der Waals surface area contributed by atoms with Gasteiger partial charge in [-0.2, -0.15) is 0 Å². The molecule has 168 valence electrons. The average Bonchev–Trinajstić information content (AvgIpc) is 3.06. The zero-order chi connectivity index (χ0) is 21.7. The molecule has 0 heterocycles. The molecule has 8 atom stereocenters. The lowest BCUT2D eigenvalue weighted by molar-refractivity contribution is -0.0571. The molecular formula is C29H46O. The minimum Gasteiger partial charge on any atom is -0.393 e. The topological polar surface area (TPSA) is 20.2 Å². The van der Waals surface area contributed by atoms with Crippen molar-refractivity contribution in [1.29, 1.82) is 0 Å². The molecule has 0 bridgehead atoms. The Hall–Kier alpha value is -0.780. The maximum absolute atomic E-state index is 10.2. The highest BCUT2D eigenvalue weighted by atomic mass is 16.3. The third-order valence-electron chi connectivity index (χ3n) is 10.6. The summed E-state index contributed by atoms with van der Waals surface area (Å²) in [6.45, 7) is 16.3. The summed E-state index contributed by atoms with van der Waals surface area (Å²) in [4.78, 5) is 0. The molecule has 0 aliphatic heterocycles. The average molecular weight is 411 g/mol. The molecule has 1 heteroatoms. The van der Waals surface area contributed by atoms with Crippen LogP contribution in [0.25, 0.3) is 0 Å². The molecule has 4 rings (SSSR count). The van der Waals surface area contributed by atoms with Gasteiger partial charge < -0.3 is 5.11 Å². The van der Waals surface area contributed by atoms with E-state index in [-0.39, 0.29) is 6.10 Å². The Labute approximate surface area is 186 Å². The van der Waals surface area contributed by atoms with Gasteiger partial charge in [-0.1, -0.05) is 52.8 Å². The lowest BCUT2D eigenvalue weighted by Crippen LogP contribution is -2.50. The van der Waals surface area contributed by atoms with E-state index in [2.05, 4.69) is 53.0 Å². The highest BCUT2D eigenvalue weighted by Gasteiger charge is 2.59. The summed E-state index contributed by atoms with van der Waals surface area (Å²) in [5.41, 5.74) is 7.15. The van der Waals surface area contributed by atoms with Gasteiger partial charge in [0.25, 0.3) is 0 Å². The monoisotopic (exact) mass is 410 g/mol. The molecule has 3 fully saturated rings. The first-order valence-corrected chi connectivity index (χ1v) is 13.0. The van der Waals surface area contributed by atoms with Crippen LogP contribution >= 0.6 is 0 Å². The number of hydrogen-bond acceptors (Lipinski definition) is 1. The van der Waals surface area contributed by atoms with Gasteiger partial charge >= 0.3 is 0 Å². The van der Waals surface area contributed by atoms with E-state index in [0.29, 0.717) is 16.7 Å². The van der Waals surface area contributed by atoms with Crippen LogP contribution in [0.15, 0.2) is 29.5 Å². The highest BCUT2D eigenvalue weighted by molar-refractivity contribution is 5.25. The predicted molar refractivity (Wildman–Crippen MR) is 127 cm³/mol. The maximum Gasteiger partial charge on any atom is 0.0577 e. The molecule has 30 heavy (non-hydrogen) atoms. The lowest BCUT2D eigenvalue weighted by Gasteiger charge is -2.58. The first kappa shape index (κ1) is 22.4. The third kappa shape index (κ3) is 3.59. The van der Waals surface area contributed by atoms with Crippen LogP contribution in [0, 0.1) is 46.3 Å². The van der Waals surface area contributed by atoms with Crippen molar-refractivity contribution in [3.8, 4) is 0 Å². The molecule has 0 spiro atoms. The first-order valence-electron chi connectivity index (χ1n) is 13.0. The molecule has 4 aliphatic carbocycles. The number of aliphatic hydroxyl groups is 1. The number of allylic oxidation sites excluding steroid dienone is 2. The van der Waals surface area contributed by atoms with Crippen molar-refractivity contribution < 1.29 is 5.11 Å². The van der Waals surface area contributed by atoms with E-state index in [9.17, 15) is 5.11 Å². The summed E-state index contributed by atoms with van der Waals surface area (Å²) in [6.07, 6.45) is 15.1. The summed E-state index contributed by atoms with van der Waals surface area (Å²) in [5, 5.41) is 10.2. The van der Waals surface area contributed by atoms with Gasteiger partial charge in [0.1, 0.15) is 0 Å². The Morgan fingerprint density at radius 3 is 2.60 bits per heavy atom. The minimum atomic E-state index is -0.0909. The number of hydrogen-bond donors (Lipinski definition) is 1. The molecule has 1 nitrogen and oxygen atoms in total. The first-order chi connectivity index (χ1) is 14.2. The predicted octanol–water partition coefficient (Wildman–Crippen LogP) is 7.71. The minimum absolute atomic E-state index is 0.0909. The smallest absolute Gasteiger partial charge is 0.0577 e. The fourth-order valence-electron chi connectivity index (χ4n) is 8.78. The molecule has 7 unspecified atom stereocenters. The van der Waals surface area contributed by atoms with Crippen molar-refractivity contribution in [3.05, 3.63) is 29.5 Å². The second kappa shape index (κ2) is 8.29. The molecule has 0 aromatic heterocycles. The number of rotatable bonds is 5. The molecule has 1 N–H and O–H groups in total. The van der Waals surface area contributed by atoms with Crippen molar-refractivity contribution in [2.75, 3.05) is 0 Å². The van der Waals surface area contributed by atoms with Crippen molar-refractivity contribution in [3.63, 3.8) is 0 Å². The SMILES string of the molecule is C=C=C(CC[C@@H](C)C1CCC2C3CC=C4CC(O)CCC4(C)C3CCC21C)C(C)C. The van der Waals surface area contributed by atoms with Crippen molar-refractivity contribution in [2.24, 2.45) is 46.3 Å². The Morgan fingerprint density at radius 2 is 1.90 bits per heavy atom. The summed E-state index contributed by atoms with van der Waals surface area (Å²) >= 11 is 0. The van der Waals surface area contributed by atoms with Crippen LogP contribution in [0.4, 0.5) is 0 Å². The zero-order valence-corrected chi connectivity index (χ0v) is 20.3. The summed E-state index contributed by atoms with van der Waals surface area (Å²) in [6, 6.07) is 0. The molecule has 0 aromatic rings. The van der Waals surface area contributed by atoms with Crippen LogP contribution in [0.2, 0.25) is 0 Å². The van der Waals surface area contributed by atoms with Gasteiger partial charge in [0.05, 0.1) is 6.10 Å². The van der Waals surface area contributed by atoms with Gasteiger partial charge in [-0.05, 0) is 116 Å². The van der Waals surface area contributed by atoms with Crippen LogP contribution in [0.5, 0.6) is 0 Å². The quantitative estimate of drug-likeness (QED) is 0.363. The van der Waals surface area contributed by atoms with Crippen LogP contribution in [0.3, 0.4) is 0 Å². The lowest BCUT2D eigenvalue weighted by atomic mass is 9.47. The Kier molecular flexibility index (Phi) is 6.19. The largest absolute Gasteiger partial charge is 0.393 e. The molecule has 0 aromatic carbocycles. The van der Waals surface area contributed by atoms with Gasteiger partial charge in [0.2, 0.25) is 0 Å². The number of fused-ring (bicyclic) bond motifs is 5. The van der Waals surface area contributed by atoms with Crippen molar-refractivity contribution in [1.82, 2.24) is 0 Å². The van der Waals surface area contributed by atoms with E-state index in [1.54, 1.807) is 5.57 Å².